The smallest absolute Gasteiger partial charge is 0.226 e. The van der Waals surface area contributed by atoms with Gasteiger partial charge in [-0.05, 0) is 25.9 Å². The molecule has 1 rings (SSSR count). The van der Waals surface area contributed by atoms with E-state index in [1.165, 1.54) is 0 Å². The van der Waals surface area contributed by atoms with E-state index in [4.69, 9.17) is 11.6 Å². The summed E-state index contributed by atoms with van der Waals surface area (Å²) in [6, 6.07) is 0. The third-order valence-electron chi connectivity index (χ3n) is 2.70. The van der Waals surface area contributed by atoms with Crippen LogP contribution >= 0.6 is 11.6 Å². The molecule has 1 saturated heterocycles. The Labute approximate surface area is 89.9 Å². The second-order valence-electron chi connectivity index (χ2n) is 4.01. The van der Waals surface area contributed by atoms with Crippen LogP contribution < -0.4 is 10.6 Å². The molecule has 1 heterocycles. The molecule has 1 fully saturated rings. The second kappa shape index (κ2) is 4.80. The Kier molecular flexibility index (Phi) is 3.96. The minimum Gasteiger partial charge on any atom is -0.351 e. The topological polar surface area (TPSA) is 41.1 Å². The molecule has 0 spiro atoms. The van der Waals surface area contributed by atoms with Crippen molar-refractivity contribution in [2.24, 2.45) is 5.41 Å². The summed E-state index contributed by atoms with van der Waals surface area (Å²) in [6.07, 6.45) is 1.77. The van der Waals surface area contributed by atoms with E-state index in [1.54, 1.807) is 0 Å². The van der Waals surface area contributed by atoms with Crippen LogP contribution in [0.1, 0.15) is 19.8 Å². The van der Waals surface area contributed by atoms with E-state index in [1.807, 2.05) is 6.92 Å². The Hall–Kier alpha value is -0.540. The van der Waals surface area contributed by atoms with E-state index in [0.717, 1.165) is 25.9 Å². The second-order valence-corrected chi connectivity index (χ2v) is 4.55. The van der Waals surface area contributed by atoms with E-state index < -0.39 is 0 Å². The fraction of sp³-hybridized carbons (Fsp3) is 0.700. The summed E-state index contributed by atoms with van der Waals surface area (Å²) in [6.45, 7) is 7.71. The molecular weight excluding hydrogens is 200 g/mol. The van der Waals surface area contributed by atoms with Crippen molar-refractivity contribution in [2.45, 2.75) is 19.8 Å². The molecule has 0 aromatic rings. The van der Waals surface area contributed by atoms with Gasteiger partial charge in [-0.3, -0.25) is 4.79 Å². The van der Waals surface area contributed by atoms with Crippen molar-refractivity contribution in [3.05, 3.63) is 11.6 Å². The first-order chi connectivity index (χ1) is 6.54. The van der Waals surface area contributed by atoms with E-state index in [0.29, 0.717) is 11.6 Å². The largest absolute Gasteiger partial charge is 0.351 e. The van der Waals surface area contributed by atoms with Gasteiger partial charge >= 0.3 is 0 Å². The summed E-state index contributed by atoms with van der Waals surface area (Å²) < 4.78 is 0. The van der Waals surface area contributed by atoms with Gasteiger partial charge in [0.15, 0.2) is 0 Å². The standard InChI is InChI=1S/C10H17ClN2O/c1-8(11)7-13-9(14)10(2)3-5-12-6-4-10/h12H,1,3-7H2,2H3,(H,13,14). The molecule has 1 aliphatic rings. The monoisotopic (exact) mass is 216 g/mol. The van der Waals surface area contributed by atoms with E-state index in [9.17, 15) is 4.79 Å². The number of hydrogen-bond acceptors (Lipinski definition) is 2. The first kappa shape index (κ1) is 11.5. The average molecular weight is 217 g/mol. The number of rotatable bonds is 3. The zero-order valence-corrected chi connectivity index (χ0v) is 9.28. The van der Waals surface area contributed by atoms with Crippen molar-refractivity contribution in [2.75, 3.05) is 19.6 Å². The Balaban J connectivity index is 2.45. The molecule has 2 N–H and O–H groups in total. The molecule has 0 bridgehead atoms. The van der Waals surface area contributed by atoms with Crippen molar-refractivity contribution < 1.29 is 4.79 Å². The molecule has 0 radical (unpaired) electrons. The maximum Gasteiger partial charge on any atom is 0.226 e. The van der Waals surface area contributed by atoms with E-state index in [-0.39, 0.29) is 11.3 Å². The lowest BCUT2D eigenvalue weighted by Crippen LogP contribution is -2.46. The maximum atomic E-state index is 11.8. The summed E-state index contributed by atoms with van der Waals surface area (Å²) in [7, 11) is 0. The predicted molar refractivity (Wildman–Crippen MR) is 58.2 cm³/mol. The van der Waals surface area contributed by atoms with Gasteiger partial charge in [0.05, 0.1) is 6.54 Å². The number of nitrogens with one attached hydrogen (secondary N) is 2. The van der Waals surface area contributed by atoms with Crippen LogP contribution in [0, 0.1) is 5.41 Å². The van der Waals surface area contributed by atoms with Gasteiger partial charge in [0.1, 0.15) is 0 Å². The zero-order valence-electron chi connectivity index (χ0n) is 8.53. The highest BCUT2D eigenvalue weighted by molar-refractivity contribution is 6.29. The number of carbonyl (C=O) groups is 1. The van der Waals surface area contributed by atoms with Gasteiger partial charge in [0, 0.05) is 10.4 Å². The summed E-state index contributed by atoms with van der Waals surface area (Å²) in [5, 5.41) is 6.50. The molecule has 1 amide bonds. The van der Waals surface area contributed by atoms with Crippen LogP contribution in [0.15, 0.2) is 11.6 Å². The minimum absolute atomic E-state index is 0.0841. The molecule has 80 valence electrons. The first-order valence-electron chi connectivity index (χ1n) is 4.87. The van der Waals surface area contributed by atoms with Crippen LogP contribution in [0.3, 0.4) is 0 Å². The summed E-state index contributed by atoms with van der Waals surface area (Å²) in [4.78, 5) is 11.8. The molecular formula is C10H17ClN2O. The lowest BCUT2D eigenvalue weighted by molar-refractivity contribution is -0.131. The average Bonchev–Trinajstić information content (AvgIpc) is 2.15. The molecule has 4 heteroatoms. The lowest BCUT2D eigenvalue weighted by Gasteiger charge is -2.32. The van der Waals surface area contributed by atoms with Gasteiger partial charge in [-0.1, -0.05) is 25.1 Å². The van der Waals surface area contributed by atoms with Crippen molar-refractivity contribution >= 4 is 17.5 Å². The third kappa shape index (κ3) is 3.00. The lowest BCUT2D eigenvalue weighted by atomic mass is 9.80. The van der Waals surface area contributed by atoms with Crippen molar-refractivity contribution in [1.29, 1.82) is 0 Å². The summed E-state index contributed by atoms with van der Waals surface area (Å²) in [5.41, 5.74) is -0.239. The molecule has 14 heavy (non-hydrogen) atoms. The summed E-state index contributed by atoms with van der Waals surface area (Å²) >= 11 is 5.58. The molecule has 0 saturated carbocycles. The SMILES string of the molecule is C=C(Cl)CNC(=O)C1(C)CCNCC1. The molecule has 0 atom stereocenters. The van der Waals surface area contributed by atoms with Crippen LogP contribution in [-0.4, -0.2) is 25.5 Å². The van der Waals surface area contributed by atoms with Crippen LogP contribution in [-0.2, 0) is 4.79 Å². The Morgan fingerprint density at radius 3 is 2.64 bits per heavy atom. The Morgan fingerprint density at radius 2 is 2.14 bits per heavy atom. The van der Waals surface area contributed by atoms with Gasteiger partial charge < -0.3 is 10.6 Å². The number of carbonyl (C=O) groups excluding carboxylic acids is 1. The highest BCUT2D eigenvalue weighted by atomic mass is 35.5. The molecule has 0 aliphatic carbocycles. The minimum atomic E-state index is -0.239. The van der Waals surface area contributed by atoms with Crippen LogP contribution in [0.25, 0.3) is 0 Å². The highest BCUT2D eigenvalue weighted by Gasteiger charge is 2.34. The van der Waals surface area contributed by atoms with E-state index >= 15 is 0 Å². The van der Waals surface area contributed by atoms with Gasteiger partial charge in [-0.15, -0.1) is 0 Å². The van der Waals surface area contributed by atoms with Gasteiger partial charge in [0.2, 0.25) is 5.91 Å². The fourth-order valence-corrected chi connectivity index (χ4v) is 1.66. The quantitative estimate of drug-likeness (QED) is 0.746. The van der Waals surface area contributed by atoms with Crippen LogP contribution in [0.5, 0.6) is 0 Å². The molecule has 0 unspecified atom stereocenters. The fourth-order valence-electron chi connectivity index (χ4n) is 1.60. The third-order valence-corrected chi connectivity index (χ3v) is 2.83. The van der Waals surface area contributed by atoms with Crippen LogP contribution in [0.2, 0.25) is 0 Å². The first-order valence-corrected chi connectivity index (χ1v) is 5.25. The maximum absolute atomic E-state index is 11.8. The molecule has 0 aromatic heterocycles. The van der Waals surface area contributed by atoms with Crippen LogP contribution in [0.4, 0.5) is 0 Å². The normalized spacial score (nSPS) is 20.1. The zero-order chi connectivity index (χ0) is 10.6. The van der Waals surface area contributed by atoms with Gasteiger partial charge in [-0.2, -0.15) is 0 Å². The predicted octanol–water partition coefficient (Wildman–Crippen LogP) is 1.24. The van der Waals surface area contributed by atoms with Gasteiger partial charge in [0.25, 0.3) is 0 Å². The summed E-state index contributed by atoms with van der Waals surface area (Å²) in [5.74, 6) is 0.0841. The number of halogens is 1. The number of piperidine rings is 1. The van der Waals surface area contributed by atoms with Crippen molar-refractivity contribution in [3.8, 4) is 0 Å². The number of hydrogen-bond donors (Lipinski definition) is 2. The molecule has 3 nitrogen and oxygen atoms in total. The van der Waals surface area contributed by atoms with Gasteiger partial charge in [-0.25, -0.2) is 0 Å². The Morgan fingerprint density at radius 1 is 1.57 bits per heavy atom. The molecule has 0 aromatic carbocycles. The highest BCUT2D eigenvalue weighted by Crippen LogP contribution is 2.27. The Bertz CT molecular complexity index is 234. The van der Waals surface area contributed by atoms with Crippen molar-refractivity contribution in [3.63, 3.8) is 0 Å². The van der Waals surface area contributed by atoms with Crippen molar-refractivity contribution in [1.82, 2.24) is 10.6 Å². The van der Waals surface area contributed by atoms with E-state index in [2.05, 4.69) is 17.2 Å². The number of amides is 1. The molecule has 1 aliphatic heterocycles.